The van der Waals surface area contributed by atoms with E-state index in [2.05, 4.69) is 26.7 Å². The molecule has 0 saturated carbocycles. The number of rotatable bonds is 2. The summed E-state index contributed by atoms with van der Waals surface area (Å²) in [6.45, 7) is 0.894. The number of imidazole rings is 1. The predicted molar refractivity (Wildman–Crippen MR) is 102 cm³/mol. The molecule has 1 aromatic heterocycles. The molecule has 0 N–H and O–H groups in total. The summed E-state index contributed by atoms with van der Waals surface area (Å²) in [5, 5.41) is 0. The van der Waals surface area contributed by atoms with Crippen LogP contribution in [0.2, 0.25) is 0 Å². The van der Waals surface area contributed by atoms with E-state index in [9.17, 15) is 13.2 Å². The van der Waals surface area contributed by atoms with Crippen LogP contribution in [0.25, 0.3) is 16.9 Å². The van der Waals surface area contributed by atoms with Crippen LogP contribution in [-0.4, -0.2) is 4.57 Å². The molecule has 2 nitrogen and oxygen atoms in total. The zero-order chi connectivity index (χ0) is 19.0. The molecule has 0 amide bonds. The van der Waals surface area contributed by atoms with Crippen LogP contribution >= 0.6 is 15.9 Å². The highest BCUT2D eigenvalue weighted by Crippen LogP contribution is 2.33. The first kappa shape index (κ1) is 21.1. The van der Waals surface area contributed by atoms with Crippen molar-refractivity contribution in [3.8, 4) is 16.9 Å². The first-order valence-corrected chi connectivity index (χ1v) is 9.80. The van der Waals surface area contributed by atoms with E-state index in [-0.39, 0.29) is 17.0 Å². The molecule has 0 radical (unpaired) electrons. The number of halogens is 5. The van der Waals surface area contributed by atoms with Gasteiger partial charge in [-0.25, -0.2) is 4.57 Å². The van der Waals surface area contributed by atoms with Crippen molar-refractivity contribution in [3.63, 3.8) is 0 Å². The number of aromatic nitrogens is 2. The van der Waals surface area contributed by atoms with E-state index in [0.717, 1.165) is 59.8 Å². The van der Waals surface area contributed by atoms with Gasteiger partial charge in [-0.2, -0.15) is 17.7 Å². The van der Waals surface area contributed by atoms with Gasteiger partial charge in [0.25, 0.3) is 5.82 Å². The molecule has 28 heavy (non-hydrogen) atoms. The number of alkyl halides is 3. The van der Waals surface area contributed by atoms with Crippen molar-refractivity contribution in [2.45, 2.75) is 38.4 Å². The molecule has 0 fully saturated rings. The third-order valence-corrected chi connectivity index (χ3v) is 5.51. The fraction of sp³-hybridized carbons (Fsp3) is 0.286. The summed E-state index contributed by atoms with van der Waals surface area (Å²) in [6, 6.07) is 13.5. The van der Waals surface area contributed by atoms with Crippen molar-refractivity contribution in [3.05, 3.63) is 70.6 Å². The molecule has 0 aliphatic carbocycles. The Balaban J connectivity index is 0.00000225. The molecule has 3 aromatic rings. The van der Waals surface area contributed by atoms with E-state index in [4.69, 9.17) is 0 Å². The largest absolute Gasteiger partial charge is 1.00 e. The summed E-state index contributed by atoms with van der Waals surface area (Å²) in [6.07, 6.45) is 1.84. The van der Waals surface area contributed by atoms with Crippen LogP contribution in [0, 0.1) is 0 Å². The lowest BCUT2D eigenvalue weighted by atomic mass is 10.1. The van der Waals surface area contributed by atoms with Gasteiger partial charge in [0.15, 0.2) is 5.69 Å². The number of benzene rings is 2. The van der Waals surface area contributed by atoms with Crippen molar-refractivity contribution in [2.24, 2.45) is 0 Å². The van der Waals surface area contributed by atoms with Crippen molar-refractivity contribution >= 4 is 15.9 Å². The minimum absolute atomic E-state index is 0. The lowest BCUT2D eigenvalue weighted by Crippen LogP contribution is -3.00. The topological polar surface area (TPSA) is 8.81 Å². The molecule has 7 heteroatoms. The second kappa shape index (κ2) is 8.41. The highest BCUT2D eigenvalue weighted by atomic mass is 79.9. The van der Waals surface area contributed by atoms with Gasteiger partial charge in [-0.3, -0.25) is 0 Å². The summed E-state index contributed by atoms with van der Waals surface area (Å²) in [5.74, 6) is 1.06. The Kier molecular flexibility index (Phi) is 6.34. The van der Waals surface area contributed by atoms with Crippen molar-refractivity contribution < 1.29 is 34.7 Å². The highest BCUT2D eigenvalue weighted by Gasteiger charge is 2.33. The smallest absolute Gasteiger partial charge is 0.416 e. The number of aryl methyl sites for hydroxylation is 1. The molecule has 2 heterocycles. The molecule has 0 unspecified atom stereocenters. The van der Waals surface area contributed by atoms with Crippen LogP contribution < -0.4 is 21.5 Å². The second-order valence-corrected chi connectivity index (χ2v) is 7.74. The van der Waals surface area contributed by atoms with Gasteiger partial charge in [-0.05, 0) is 61.7 Å². The van der Waals surface area contributed by atoms with E-state index in [1.54, 1.807) is 6.07 Å². The predicted octanol–water partition coefficient (Wildman–Crippen LogP) is 2.94. The Labute approximate surface area is 180 Å². The fourth-order valence-corrected chi connectivity index (χ4v) is 3.94. The summed E-state index contributed by atoms with van der Waals surface area (Å²) in [4.78, 5) is 0. The molecule has 0 atom stereocenters. The molecule has 148 valence electrons. The number of nitrogens with zero attached hydrogens (tertiary/aromatic N) is 2. The average Bonchev–Trinajstić information content (AvgIpc) is 2.84. The first-order valence-electron chi connectivity index (χ1n) is 9.01. The van der Waals surface area contributed by atoms with Crippen LogP contribution in [0.15, 0.2) is 59.2 Å². The second-order valence-electron chi connectivity index (χ2n) is 6.83. The molecule has 0 saturated heterocycles. The van der Waals surface area contributed by atoms with Crippen LogP contribution in [-0.2, 0) is 19.1 Å². The number of fused-ring (bicyclic) bond motifs is 1. The Morgan fingerprint density at radius 2 is 1.71 bits per heavy atom. The van der Waals surface area contributed by atoms with Gasteiger partial charge in [-0.1, -0.05) is 22.0 Å². The maximum atomic E-state index is 13.3. The SMILES string of the molecule is FC(F)(F)c1cccc(-n2c(-c3ccc(Br)cc3)c[n+]3c2CCCCC3)c1.[Br-]. The van der Waals surface area contributed by atoms with Gasteiger partial charge in [0.2, 0.25) is 0 Å². The molecule has 1 aliphatic rings. The van der Waals surface area contributed by atoms with Crippen LogP contribution in [0.4, 0.5) is 13.2 Å². The quantitative estimate of drug-likeness (QED) is 0.464. The molecule has 4 rings (SSSR count). The van der Waals surface area contributed by atoms with E-state index < -0.39 is 11.7 Å². The Bertz CT molecular complexity index is 963. The van der Waals surface area contributed by atoms with Crippen molar-refractivity contribution in [1.29, 1.82) is 0 Å². The summed E-state index contributed by atoms with van der Waals surface area (Å²) in [5.41, 5.74) is 1.83. The van der Waals surface area contributed by atoms with Gasteiger partial charge >= 0.3 is 6.18 Å². The molecular formula is C21H19Br2F3N2. The summed E-state index contributed by atoms with van der Waals surface area (Å²) < 4.78 is 44.9. The minimum Gasteiger partial charge on any atom is -1.00 e. The third-order valence-electron chi connectivity index (χ3n) is 4.98. The highest BCUT2D eigenvalue weighted by molar-refractivity contribution is 9.10. The minimum atomic E-state index is -4.36. The monoisotopic (exact) mass is 514 g/mol. The zero-order valence-electron chi connectivity index (χ0n) is 15.0. The normalized spacial score (nSPS) is 14.1. The van der Waals surface area contributed by atoms with E-state index >= 15 is 0 Å². The molecule has 1 aliphatic heterocycles. The van der Waals surface area contributed by atoms with Gasteiger partial charge < -0.3 is 17.0 Å². The maximum Gasteiger partial charge on any atom is 0.416 e. The van der Waals surface area contributed by atoms with Gasteiger partial charge in [-0.15, -0.1) is 0 Å². The molecule has 0 bridgehead atoms. The van der Waals surface area contributed by atoms with Crippen molar-refractivity contribution in [2.75, 3.05) is 0 Å². The van der Waals surface area contributed by atoms with E-state index in [0.29, 0.717) is 5.69 Å². The van der Waals surface area contributed by atoms with Crippen LogP contribution in [0.5, 0.6) is 0 Å². The summed E-state index contributed by atoms with van der Waals surface area (Å²) in [7, 11) is 0. The maximum absolute atomic E-state index is 13.3. The molecular weight excluding hydrogens is 497 g/mol. The lowest BCUT2D eigenvalue weighted by Gasteiger charge is -2.10. The summed E-state index contributed by atoms with van der Waals surface area (Å²) >= 11 is 3.44. The van der Waals surface area contributed by atoms with Gasteiger partial charge in [0, 0.05) is 16.5 Å². The number of hydrogen-bond donors (Lipinski definition) is 0. The molecule has 0 spiro atoms. The van der Waals surface area contributed by atoms with Gasteiger partial charge in [0.05, 0.1) is 12.1 Å². The zero-order valence-corrected chi connectivity index (χ0v) is 18.2. The van der Waals surface area contributed by atoms with Crippen molar-refractivity contribution in [1.82, 2.24) is 4.57 Å². The van der Waals surface area contributed by atoms with E-state index in [1.807, 2.05) is 28.8 Å². The Morgan fingerprint density at radius 3 is 2.43 bits per heavy atom. The van der Waals surface area contributed by atoms with E-state index in [1.165, 1.54) is 12.1 Å². The fourth-order valence-electron chi connectivity index (χ4n) is 3.67. The standard InChI is InChI=1S/C21H19BrF3N2.BrH/c22-17-10-8-15(9-11-17)19-14-26-12-3-1-2-7-20(26)27(19)18-6-4-5-16(13-18)21(23,24)25;/h4-6,8-11,13-14H,1-3,7,12H2;1H/q+1;/p-1. The van der Waals surface area contributed by atoms with Crippen LogP contribution in [0.3, 0.4) is 0 Å². The Morgan fingerprint density at radius 1 is 0.964 bits per heavy atom. The first-order chi connectivity index (χ1) is 12.9. The third kappa shape index (κ3) is 4.20. The van der Waals surface area contributed by atoms with Gasteiger partial charge in [0.1, 0.15) is 11.9 Å². The molecule has 2 aromatic carbocycles. The average molecular weight is 516 g/mol. The Hall–Kier alpha value is -1.60. The number of hydrogen-bond acceptors (Lipinski definition) is 0. The lowest BCUT2D eigenvalue weighted by molar-refractivity contribution is -0.702. The van der Waals surface area contributed by atoms with Crippen LogP contribution in [0.1, 0.15) is 30.7 Å².